The van der Waals surface area contributed by atoms with Crippen LogP contribution in [0.3, 0.4) is 0 Å². The molecule has 2 fully saturated rings. The largest absolute Gasteiger partial charge is 0.459 e. The summed E-state index contributed by atoms with van der Waals surface area (Å²) in [5, 5.41) is 5.73. The van der Waals surface area contributed by atoms with Gasteiger partial charge in [0.15, 0.2) is 5.76 Å². The molecule has 0 bridgehead atoms. The molecule has 1 atom stereocenters. The number of urea groups is 1. The molecule has 2 aliphatic rings. The van der Waals surface area contributed by atoms with Crippen LogP contribution in [0.15, 0.2) is 22.8 Å². The Morgan fingerprint density at radius 2 is 2.00 bits per heavy atom. The van der Waals surface area contributed by atoms with E-state index in [1.54, 1.807) is 21.9 Å². The van der Waals surface area contributed by atoms with Crippen LogP contribution in [0, 0.1) is 5.41 Å². The van der Waals surface area contributed by atoms with Crippen LogP contribution in [-0.2, 0) is 4.79 Å². The molecule has 0 unspecified atom stereocenters. The predicted molar refractivity (Wildman–Crippen MR) is 89.9 cm³/mol. The van der Waals surface area contributed by atoms with E-state index in [4.69, 9.17) is 4.42 Å². The van der Waals surface area contributed by atoms with Gasteiger partial charge in [0.25, 0.3) is 5.91 Å². The smallest absolute Gasteiger partial charge is 0.317 e. The van der Waals surface area contributed by atoms with Crippen molar-refractivity contribution in [1.82, 2.24) is 20.4 Å². The van der Waals surface area contributed by atoms with Gasteiger partial charge in [0.05, 0.1) is 6.26 Å². The number of furan rings is 1. The Balaban J connectivity index is 1.81. The van der Waals surface area contributed by atoms with E-state index in [0.29, 0.717) is 39.1 Å². The quantitative estimate of drug-likeness (QED) is 0.821. The Bertz CT molecular complexity index is 658. The van der Waals surface area contributed by atoms with Crippen molar-refractivity contribution in [3.05, 3.63) is 24.2 Å². The molecule has 0 saturated carbocycles. The fourth-order valence-electron chi connectivity index (χ4n) is 3.48. The SMILES string of the molecule is CC(C)NC(=O)N1CCN(C(=O)c2ccco2)C[C@@]2(CNC(=O)C2)C1. The van der Waals surface area contributed by atoms with Gasteiger partial charge in [-0.1, -0.05) is 0 Å². The summed E-state index contributed by atoms with van der Waals surface area (Å²) in [5.74, 6) is 0.0128. The third kappa shape index (κ3) is 3.78. The van der Waals surface area contributed by atoms with Crippen molar-refractivity contribution in [2.75, 3.05) is 32.7 Å². The van der Waals surface area contributed by atoms with Crippen LogP contribution >= 0.6 is 0 Å². The predicted octanol–water partition coefficient (Wildman–Crippen LogP) is 0.662. The number of hydrogen-bond donors (Lipinski definition) is 2. The highest BCUT2D eigenvalue weighted by Gasteiger charge is 2.45. The summed E-state index contributed by atoms with van der Waals surface area (Å²) in [6, 6.07) is 3.15. The van der Waals surface area contributed by atoms with Crippen LogP contribution in [0.4, 0.5) is 4.79 Å². The van der Waals surface area contributed by atoms with Gasteiger partial charge in [0, 0.05) is 50.6 Å². The van der Waals surface area contributed by atoms with Gasteiger partial charge in [-0.3, -0.25) is 9.59 Å². The van der Waals surface area contributed by atoms with Crippen LogP contribution in [0.2, 0.25) is 0 Å². The first-order valence-corrected chi connectivity index (χ1v) is 8.53. The number of nitrogens with zero attached hydrogens (tertiary/aromatic N) is 2. The van der Waals surface area contributed by atoms with E-state index >= 15 is 0 Å². The molecule has 3 rings (SSSR count). The summed E-state index contributed by atoms with van der Waals surface area (Å²) in [7, 11) is 0. The van der Waals surface area contributed by atoms with Gasteiger partial charge in [-0.15, -0.1) is 0 Å². The fourth-order valence-corrected chi connectivity index (χ4v) is 3.48. The van der Waals surface area contributed by atoms with Crippen molar-refractivity contribution < 1.29 is 18.8 Å². The molecule has 2 N–H and O–H groups in total. The molecule has 25 heavy (non-hydrogen) atoms. The third-order valence-corrected chi connectivity index (χ3v) is 4.61. The fraction of sp³-hybridized carbons (Fsp3) is 0.588. The minimum atomic E-state index is -0.468. The molecule has 0 aromatic carbocycles. The zero-order chi connectivity index (χ0) is 18.0. The first-order valence-electron chi connectivity index (χ1n) is 8.53. The Hall–Kier alpha value is -2.51. The van der Waals surface area contributed by atoms with Crippen molar-refractivity contribution in [2.24, 2.45) is 5.41 Å². The Morgan fingerprint density at radius 1 is 1.28 bits per heavy atom. The van der Waals surface area contributed by atoms with Gasteiger partial charge in [-0.25, -0.2) is 4.79 Å². The average Bonchev–Trinajstić information content (AvgIpc) is 3.14. The first-order chi connectivity index (χ1) is 11.9. The molecule has 8 nitrogen and oxygen atoms in total. The monoisotopic (exact) mass is 348 g/mol. The highest BCUT2D eigenvalue weighted by molar-refractivity contribution is 5.91. The normalized spacial score (nSPS) is 23.7. The van der Waals surface area contributed by atoms with E-state index in [-0.39, 0.29) is 29.6 Å². The van der Waals surface area contributed by atoms with Gasteiger partial charge >= 0.3 is 6.03 Å². The summed E-state index contributed by atoms with van der Waals surface area (Å²) in [4.78, 5) is 40.4. The van der Waals surface area contributed by atoms with Gasteiger partial charge in [0.1, 0.15) is 0 Å². The van der Waals surface area contributed by atoms with Crippen molar-refractivity contribution in [3.8, 4) is 0 Å². The topological polar surface area (TPSA) is 94.9 Å². The molecule has 4 amide bonds. The molecular weight excluding hydrogens is 324 g/mol. The second kappa shape index (κ2) is 6.78. The highest BCUT2D eigenvalue weighted by atomic mass is 16.3. The van der Waals surface area contributed by atoms with Crippen molar-refractivity contribution in [3.63, 3.8) is 0 Å². The third-order valence-electron chi connectivity index (χ3n) is 4.61. The molecule has 0 aliphatic carbocycles. The Kier molecular flexibility index (Phi) is 4.69. The lowest BCUT2D eigenvalue weighted by molar-refractivity contribution is -0.119. The summed E-state index contributed by atoms with van der Waals surface area (Å²) < 4.78 is 5.22. The number of carbonyl (C=O) groups excluding carboxylic acids is 3. The lowest BCUT2D eigenvalue weighted by Gasteiger charge is -2.32. The van der Waals surface area contributed by atoms with Crippen molar-refractivity contribution in [1.29, 1.82) is 0 Å². The Morgan fingerprint density at radius 3 is 2.60 bits per heavy atom. The van der Waals surface area contributed by atoms with Crippen molar-refractivity contribution in [2.45, 2.75) is 26.3 Å². The molecule has 1 aromatic heterocycles. The van der Waals surface area contributed by atoms with Crippen LogP contribution in [0.1, 0.15) is 30.8 Å². The molecule has 2 saturated heterocycles. The lowest BCUT2D eigenvalue weighted by Crippen LogP contribution is -2.48. The van der Waals surface area contributed by atoms with E-state index < -0.39 is 5.41 Å². The number of rotatable bonds is 2. The molecule has 8 heteroatoms. The summed E-state index contributed by atoms with van der Waals surface area (Å²) in [6.07, 6.45) is 1.77. The van der Waals surface area contributed by atoms with Gasteiger partial charge in [0.2, 0.25) is 5.91 Å². The molecule has 0 radical (unpaired) electrons. The van der Waals surface area contributed by atoms with Gasteiger partial charge < -0.3 is 24.9 Å². The second-order valence-corrected chi connectivity index (χ2v) is 7.18. The zero-order valence-electron chi connectivity index (χ0n) is 14.6. The molecule has 1 spiro atoms. The van der Waals surface area contributed by atoms with E-state index in [2.05, 4.69) is 10.6 Å². The van der Waals surface area contributed by atoms with Crippen LogP contribution in [0.5, 0.6) is 0 Å². The summed E-state index contributed by atoms with van der Waals surface area (Å²) >= 11 is 0. The van der Waals surface area contributed by atoms with E-state index in [9.17, 15) is 14.4 Å². The second-order valence-electron chi connectivity index (χ2n) is 7.18. The molecular formula is C17H24N4O4. The van der Waals surface area contributed by atoms with Gasteiger partial charge in [-0.05, 0) is 26.0 Å². The van der Waals surface area contributed by atoms with Gasteiger partial charge in [-0.2, -0.15) is 0 Å². The van der Waals surface area contributed by atoms with Crippen LogP contribution in [0.25, 0.3) is 0 Å². The molecule has 2 aliphatic heterocycles. The van der Waals surface area contributed by atoms with Crippen LogP contribution in [-0.4, -0.2) is 66.4 Å². The molecule has 136 valence electrons. The van der Waals surface area contributed by atoms with E-state index in [1.807, 2.05) is 13.8 Å². The molecule has 1 aromatic rings. The van der Waals surface area contributed by atoms with Crippen LogP contribution < -0.4 is 10.6 Å². The van der Waals surface area contributed by atoms with E-state index in [1.165, 1.54) is 6.26 Å². The maximum absolute atomic E-state index is 12.7. The lowest BCUT2D eigenvalue weighted by atomic mass is 9.86. The number of hydrogen-bond acceptors (Lipinski definition) is 4. The number of amides is 4. The first kappa shape index (κ1) is 17.3. The zero-order valence-corrected chi connectivity index (χ0v) is 14.6. The minimum Gasteiger partial charge on any atom is -0.459 e. The maximum atomic E-state index is 12.7. The summed E-state index contributed by atoms with van der Waals surface area (Å²) in [5.41, 5.74) is -0.468. The maximum Gasteiger partial charge on any atom is 0.317 e. The average molecular weight is 348 g/mol. The Labute approximate surface area is 146 Å². The molecule has 3 heterocycles. The number of nitrogens with one attached hydrogen (secondary N) is 2. The standard InChI is InChI=1S/C17H24N4O4/c1-12(2)19-16(24)21-6-5-20(15(23)13-4-3-7-25-13)10-17(11-21)8-14(22)18-9-17/h3-4,7,12H,5-6,8-11H2,1-2H3,(H,18,22)(H,19,24)/t17-/m1/s1. The van der Waals surface area contributed by atoms with E-state index in [0.717, 1.165) is 0 Å². The number of carbonyl (C=O) groups is 3. The van der Waals surface area contributed by atoms with Crippen molar-refractivity contribution >= 4 is 17.8 Å². The minimum absolute atomic E-state index is 0.0240. The highest BCUT2D eigenvalue weighted by Crippen LogP contribution is 2.31. The summed E-state index contributed by atoms with van der Waals surface area (Å²) in [6.45, 7) is 5.93.